The quantitative estimate of drug-likeness (QED) is 0.100. The summed E-state index contributed by atoms with van der Waals surface area (Å²) >= 11 is 6.23. The van der Waals surface area contributed by atoms with Crippen molar-refractivity contribution >= 4 is 51.8 Å². The van der Waals surface area contributed by atoms with E-state index in [9.17, 15) is 29.2 Å². The van der Waals surface area contributed by atoms with Crippen LogP contribution >= 0.6 is 11.6 Å². The fraction of sp³-hybridized carbons (Fsp3) is 0.435. The standard InChI is InChI=1S/C46H50ClN11O8/c1-45(2)43(46(3,4)44(45)66-33-11-7-28(23-48)35(47)22-33)50-40(61)27-5-8-31(9-6-27)57-26-30(51-53-57)15-17-64-19-20-65-18-16-56-38(59)14-13-37(42(56)63)58-41(62)34-21-32(10-12-36(34)52-54-58)55-24-29(25-55)39(49)60/h5-12,21-22,26,29,37,43-44H,13-20,24-25H2,1-4H3,(H2,49,60)(H,50,61). The summed E-state index contributed by atoms with van der Waals surface area (Å²) < 4.78 is 20.4. The number of piperidine rings is 1. The molecule has 66 heavy (non-hydrogen) atoms. The van der Waals surface area contributed by atoms with Gasteiger partial charge in [-0.25, -0.2) is 4.68 Å². The average Bonchev–Trinajstić information content (AvgIpc) is 3.75. The molecule has 1 atom stereocenters. The zero-order valence-corrected chi connectivity index (χ0v) is 37.7. The predicted octanol–water partition coefficient (Wildman–Crippen LogP) is 3.40. The first-order valence-electron chi connectivity index (χ1n) is 21.7. The van der Waals surface area contributed by atoms with E-state index < -0.39 is 28.3 Å². The molecule has 8 rings (SSSR count). The number of hydrogen-bond donors (Lipinski definition) is 2. The van der Waals surface area contributed by atoms with Gasteiger partial charge in [0.2, 0.25) is 11.8 Å². The van der Waals surface area contributed by atoms with Crippen LogP contribution in [0.1, 0.15) is 68.2 Å². The summed E-state index contributed by atoms with van der Waals surface area (Å²) in [6.07, 6.45) is 2.22. The Hall–Kier alpha value is -6.75. The van der Waals surface area contributed by atoms with Crippen LogP contribution in [0, 0.1) is 28.1 Å². The second-order valence-corrected chi connectivity index (χ2v) is 18.4. The number of anilines is 1. The number of ether oxygens (including phenoxy) is 3. The molecule has 2 aromatic heterocycles. The van der Waals surface area contributed by atoms with E-state index in [-0.39, 0.29) is 80.4 Å². The molecule has 19 nitrogen and oxygen atoms in total. The van der Waals surface area contributed by atoms with Gasteiger partial charge in [-0.3, -0.25) is 28.9 Å². The van der Waals surface area contributed by atoms with Gasteiger partial charge < -0.3 is 30.2 Å². The summed E-state index contributed by atoms with van der Waals surface area (Å²) in [5, 5.41) is 29.7. The number of nitrogens with two attached hydrogens (primary N) is 1. The highest BCUT2D eigenvalue weighted by molar-refractivity contribution is 6.31. The molecule has 344 valence electrons. The maximum Gasteiger partial charge on any atom is 0.278 e. The van der Waals surface area contributed by atoms with Crippen molar-refractivity contribution < 1.29 is 33.4 Å². The summed E-state index contributed by atoms with van der Waals surface area (Å²) in [6, 6.07) is 18.1. The van der Waals surface area contributed by atoms with Gasteiger partial charge in [-0.2, -0.15) is 9.94 Å². The van der Waals surface area contributed by atoms with Crippen molar-refractivity contribution in [2.24, 2.45) is 22.5 Å². The van der Waals surface area contributed by atoms with Crippen molar-refractivity contribution in [1.82, 2.24) is 40.2 Å². The first kappa shape index (κ1) is 45.8. The van der Waals surface area contributed by atoms with Gasteiger partial charge in [0.25, 0.3) is 17.4 Å². The van der Waals surface area contributed by atoms with E-state index in [0.29, 0.717) is 59.2 Å². The molecule has 3 aromatic carbocycles. The summed E-state index contributed by atoms with van der Waals surface area (Å²) in [5.74, 6) is -1.17. The fourth-order valence-electron chi connectivity index (χ4n) is 9.37. The smallest absolute Gasteiger partial charge is 0.278 e. The van der Waals surface area contributed by atoms with Crippen molar-refractivity contribution in [3.05, 3.63) is 99.1 Å². The van der Waals surface area contributed by atoms with E-state index >= 15 is 0 Å². The van der Waals surface area contributed by atoms with E-state index in [1.807, 2.05) is 4.90 Å². The third-order valence-corrected chi connectivity index (χ3v) is 13.1. The first-order valence-corrected chi connectivity index (χ1v) is 22.1. The van der Waals surface area contributed by atoms with Crippen LogP contribution in [-0.2, 0) is 30.3 Å². The van der Waals surface area contributed by atoms with Gasteiger partial charge in [-0.15, -0.1) is 10.2 Å². The van der Waals surface area contributed by atoms with Crippen LogP contribution < -0.4 is 26.2 Å². The Kier molecular flexibility index (Phi) is 12.9. The van der Waals surface area contributed by atoms with Crippen LogP contribution in [0.3, 0.4) is 0 Å². The van der Waals surface area contributed by atoms with Crippen LogP contribution in [0.15, 0.2) is 71.7 Å². The summed E-state index contributed by atoms with van der Waals surface area (Å²) in [4.78, 5) is 67.7. The lowest BCUT2D eigenvalue weighted by Gasteiger charge is -2.63. The Balaban J connectivity index is 0.753. The second-order valence-electron chi connectivity index (χ2n) is 18.0. The molecule has 4 heterocycles. The molecule has 0 bridgehead atoms. The molecule has 4 amide bonds. The Morgan fingerprint density at radius 3 is 2.32 bits per heavy atom. The summed E-state index contributed by atoms with van der Waals surface area (Å²) in [7, 11) is 0. The molecule has 1 unspecified atom stereocenters. The normalized spacial score (nSPS) is 20.1. The number of likely N-dealkylation sites (tertiary alicyclic amines) is 1. The molecule has 1 aliphatic carbocycles. The Morgan fingerprint density at radius 2 is 1.62 bits per heavy atom. The highest BCUT2D eigenvalue weighted by Gasteiger charge is 2.64. The van der Waals surface area contributed by atoms with Crippen molar-refractivity contribution in [2.45, 2.75) is 65.1 Å². The monoisotopic (exact) mass is 919 g/mol. The molecule has 5 aromatic rings. The number of hydrogen-bond acceptors (Lipinski definition) is 14. The zero-order valence-electron chi connectivity index (χ0n) is 37.0. The minimum Gasteiger partial charge on any atom is -0.489 e. The lowest BCUT2D eigenvalue weighted by atomic mass is 9.49. The molecular formula is C46H50ClN11O8. The van der Waals surface area contributed by atoms with Crippen LogP contribution in [-0.4, -0.2) is 117 Å². The fourth-order valence-corrected chi connectivity index (χ4v) is 9.58. The van der Waals surface area contributed by atoms with Crippen LogP contribution in [0.25, 0.3) is 16.6 Å². The van der Waals surface area contributed by atoms with Crippen molar-refractivity contribution in [1.29, 1.82) is 5.26 Å². The summed E-state index contributed by atoms with van der Waals surface area (Å²) in [6.45, 7) is 10.0. The molecule has 2 saturated heterocycles. The number of rotatable bonds is 17. The number of aromatic nitrogens is 6. The van der Waals surface area contributed by atoms with Crippen molar-refractivity contribution in [3.8, 4) is 17.5 Å². The Labute approximate surface area is 384 Å². The molecule has 3 aliphatic rings. The number of carbonyl (C=O) groups is 4. The maximum atomic E-state index is 13.6. The minimum absolute atomic E-state index is 0.00390. The number of nitrogens with zero attached hydrogens (tertiary/aromatic N) is 9. The molecule has 3 N–H and O–H groups in total. The van der Waals surface area contributed by atoms with Gasteiger partial charge in [0, 0.05) is 60.1 Å². The molecule has 1 saturated carbocycles. The molecular weight excluding hydrogens is 870 g/mol. The highest BCUT2D eigenvalue weighted by Crippen LogP contribution is 2.55. The number of fused-ring (bicyclic) bond motifs is 1. The molecule has 0 radical (unpaired) electrons. The van der Waals surface area contributed by atoms with E-state index in [0.717, 1.165) is 21.0 Å². The number of nitriles is 1. The first-order chi connectivity index (χ1) is 31.6. The van der Waals surface area contributed by atoms with Gasteiger partial charge in [0.05, 0.1) is 72.4 Å². The highest BCUT2D eigenvalue weighted by atomic mass is 35.5. The van der Waals surface area contributed by atoms with Gasteiger partial charge in [0.1, 0.15) is 29.5 Å². The zero-order chi connectivity index (χ0) is 46.9. The lowest BCUT2D eigenvalue weighted by Crippen LogP contribution is -2.74. The molecule has 0 spiro atoms. The van der Waals surface area contributed by atoms with E-state index in [1.165, 1.54) is 0 Å². The van der Waals surface area contributed by atoms with Gasteiger partial charge >= 0.3 is 0 Å². The largest absolute Gasteiger partial charge is 0.489 e. The number of amides is 4. The molecule has 3 fully saturated rings. The Morgan fingerprint density at radius 1 is 0.909 bits per heavy atom. The third-order valence-electron chi connectivity index (χ3n) is 12.8. The summed E-state index contributed by atoms with van der Waals surface area (Å²) in [5.41, 5.74) is 7.50. The van der Waals surface area contributed by atoms with E-state index in [1.54, 1.807) is 71.5 Å². The molecule has 20 heteroatoms. The van der Waals surface area contributed by atoms with Crippen LogP contribution in [0.5, 0.6) is 5.75 Å². The number of carbonyl (C=O) groups excluding carboxylic acids is 4. The van der Waals surface area contributed by atoms with Crippen LogP contribution in [0.2, 0.25) is 5.02 Å². The van der Waals surface area contributed by atoms with Gasteiger partial charge in [-0.05, 0) is 61.0 Å². The second kappa shape index (κ2) is 18.6. The van der Waals surface area contributed by atoms with Crippen molar-refractivity contribution in [3.63, 3.8) is 0 Å². The third kappa shape index (κ3) is 9.08. The van der Waals surface area contributed by atoms with Gasteiger partial charge in [-0.1, -0.05) is 49.7 Å². The van der Waals surface area contributed by atoms with E-state index in [2.05, 4.69) is 59.7 Å². The molecule has 2 aliphatic heterocycles. The number of imide groups is 1. The SMILES string of the molecule is CC1(C)C(NC(=O)c2ccc(-n3cc(CCOCCOCCN4C(=O)CCC(n5nnc6ccc(N7CC(C(N)=O)C7)cc6c5=O)C4=O)nn3)cc2)C(C)(C)C1Oc1ccc(C#N)c(Cl)c1. The maximum absolute atomic E-state index is 13.6. The Bertz CT molecular complexity index is 2760. The average molecular weight is 920 g/mol. The number of primary amides is 1. The number of nitrogens with one attached hydrogen (secondary N) is 1. The van der Waals surface area contributed by atoms with Crippen LogP contribution in [0.4, 0.5) is 5.69 Å². The van der Waals surface area contributed by atoms with Gasteiger partial charge in [0.15, 0.2) is 0 Å². The van der Waals surface area contributed by atoms with E-state index in [4.69, 9.17) is 31.5 Å². The number of halogens is 1. The predicted molar refractivity (Wildman–Crippen MR) is 240 cm³/mol. The topological polar surface area (TPSA) is 243 Å². The van der Waals surface area contributed by atoms with Crippen molar-refractivity contribution in [2.75, 3.05) is 51.0 Å². The lowest BCUT2D eigenvalue weighted by molar-refractivity contribution is -0.164. The number of benzene rings is 3. The minimum atomic E-state index is -0.996.